The van der Waals surface area contributed by atoms with E-state index in [1.54, 1.807) is 31.2 Å². The van der Waals surface area contributed by atoms with Gasteiger partial charge in [-0.3, -0.25) is 0 Å². The summed E-state index contributed by atoms with van der Waals surface area (Å²) in [7, 11) is 0. The van der Waals surface area contributed by atoms with Gasteiger partial charge < -0.3 is 10.4 Å². The fraction of sp³-hybridized carbons (Fsp3) is 0.0769. The first kappa shape index (κ1) is 12.5. The second-order valence-electron chi connectivity index (χ2n) is 3.84. The highest BCUT2D eigenvalue weighted by molar-refractivity contribution is 5.85. The summed E-state index contributed by atoms with van der Waals surface area (Å²) in [4.78, 5) is 18.9. The molecule has 0 aliphatic rings. The second-order valence-corrected chi connectivity index (χ2v) is 3.84. The lowest BCUT2D eigenvalue weighted by Crippen LogP contribution is -2.06. The molecule has 94 valence electrons. The predicted octanol–water partition coefficient (Wildman–Crippen LogP) is 2.10. The lowest BCUT2D eigenvalue weighted by molar-refractivity contribution is 0.0690. The minimum Gasteiger partial charge on any atom is -0.477 e. The van der Waals surface area contributed by atoms with Gasteiger partial charge in [0.1, 0.15) is 0 Å². The molecule has 0 aliphatic carbocycles. The average molecular weight is 254 g/mol. The Morgan fingerprint density at radius 1 is 1.37 bits per heavy atom. The van der Waals surface area contributed by atoms with E-state index in [0.29, 0.717) is 16.9 Å². The van der Waals surface area contributed by atoms with E-state index in [2.05, 4.69) is 15.3 Å². The van der Waals surface area contributed by atoms with Crippen LogP contribution < -0.4 is 5.32 Å². The van der Waals surface area contributed by atoms with Crippen molar-refractivity contribution in [1.29, 1.82) is 5.26 Å². The Morgan fingerprint density at radius 3 is 2.84 bits per heavy atom. The number of nitrogens with zero attached hydrogens (tertiary/aromatic N) is 3. The van der Waals surface area contributed by atoms with Gasteiger partial charge in [0, 0.05) is 11.4 Å². The van der Waals surface area contributed by atoms with E-state index in [9.17, 15) is 4.79 Å². The maximum absolute atomic E-state index is 10.9. The number of carbonyl (C=O) groups is 1. The van der Waals surface area contributed by atoms with Gasteiger partial charge in [-0.1, -0.05) is 6.07 Å². The van der Waals surface area contributed by atoms with Gasteiger partial charge in [-0.15, -0.1) is 0 Å². The van der Waals surface area contributed by atoms with E-state index >= 15 is 0 Å². The summed E-state index contributed by atoms with van der Waals surface area (Å²) in [5, 5.41) is 20.6. The van der Waals surface area contributed by atoms with E-state index in [1.165, 1.54) is 6.07 Å². The number of aromatic carboxylic acids is 1. The zero-order valence-corrected chi connectivity index (χ0v) is 10.1. The topological polar surface area (TPSA) is 98.9 Å². The highest BCUT2D eigenvalue weighted by atomic mass is 16.4. The molecule has 1 aromatic heterocycles. The molecule has 0 spiro atoms. The fourth-order valence-electron chi connectivity index (χ4n) is 1.53. The maximum atomic E-state index is 10.9. The number of nitriles is 1. The molecule has 1 heterocycles. The fourth-order valence-corrected chi connectivity index (χ4v) is 1.53. The van der Waals surface area contributed by atoms with Crippen molar-refractivity contribution < 1.29 is 9.90 Å². The number of hydrogen-bond donors (Lipinski definition) is 2. The van der Waals surface area contributed by atoms with Crippen LogP contribution in [0.15, 0.2) is 30.3 Å². The van der Waals surface area contributed by atoms with Crippen molar-refractivity contribution >= 4 is 17.6 Å². The molecular weight excluding hydrogens is 244 g/mol. The number of aromatic nitrogens is 2. The lowest BCUT2D eigenvalue weighted by atomic mass is 10.2. The normalized spacial score (nSPS) is 9.68. The molecule has 0 bridgehead atoms. The third-order valence-corrected chi connectivity index (χ3v) is 2.32. The molecule has 19 heavy (non-hydrogen) atoms. The SMILES string of the molecule is Cc1cc(C(=O)O)nc(Nc2cccc(C#N)c2)n1. The molecule has 0 unspecified atom stereocenters. The summed E-state index contributed by atoms with van der Waals surface area (Å²) in [6.45, 7) is 1.69. The van der Waals surface area contributed by atoms with Crippen molar-refractivity contribution in [1.82, 2.24) is 9.97 Å². The molecule has 1 aromatic carbocycles. The Hall–Kier alpha value is -2.94. The van der Waals surface area contributed by atoms with Gasteiger partial charge in [0.25, 0.3) is 0 Å². The van der Waals surface area contributed by atoms with Crippen molar-refractivity contribution in [3.8, 4) is 6.07 Å². The van der Waals surface area contributed by atoms with Gasteiger partial charge in [0.05, 0.1) is 11.6 Å². The van der Waals surface area contributed by atoms with Gasteiger partial charge in [-0.05, 0) is 31.2 Å². The van der Waals surface area contributed by atoms with E-state index in [4.69, 9.17) is 10.4 Å². The Morgan fingerprint density at radius 2 is 2.16 bits per heavy atom. The van der Waals surface area contributed by atoms with Crippen LogP contribution in [0, 0.1) is 18.3 Å². The third kappa shape index (κ3) is 3.04. The van der Waals surface area contributed by atoms with Crippen LogP contribution >= 0.6 is 0 Å². The minimum absolute atomic E-state index is 0.0774. The van der Waals surface area contributed by atoms with Crippen molar-refractivity contribution in [2.75, 3.05) is 5.32 Å². The molecule has 0 amide bonds. The van der Waals surface area contributed by atoms with E-state index < -0.39 is 5.97 Å². The Kier molecular flexibility index (Phi) is 3.39. The monoisotopic (exact) mass is 254 g/mol. The van der Waals surface area contributed by atoms with Gasteiger partial charge >= 0.3 is 5.97 Å². The van der Waals surface area contributed by atoms with Crippen LogP contribution in [0.5, 0.6) is 0 Å². The largest absolute Gasteiger partial charge is 0.477 e. The number of hydrogen-bond acceptors (Lipinski definition) is 5. The zero-order chi connectivity index (χ0) is 13.8. The molecule has 2 N–H and O–H groups in total. The van der Waals surface area contributed by atoms with Gasteiger partial charge in [-0.25, -0.2) is 14.8 Å². The van der Waals surface area contributed by atoms with Gasteiger partial charge in [-0.2, -0.15) is 5.26 Å². The molecule has 0 atom stereocenters. The maximum Gasteiger partial charge on any atom is 0.354 e. The molecule has 0 saturated heterocycles. The molecular formula is C13H10N4O2. The van der Waals surface area contributed by atoms with Crippen LogP contribution in [0.3, 0.4) is 0 Å². The summed E-state index contributed by atoms with van der Waals surface area (Å²) in [6, 6.07) is 10.2. The van der Waals surface area contributed by atoms with E-state index in [1.807, 2.05) is 6.07 Å². The van der Waals surface area contributed by atoms with Crippen molar-refractivity contribution in [3.05, 3.63) is 47.3 Å². The summed E-state index contributed by atoms with van der Waals surface area (Å²) < 4.78 is 0. The van der Waals surface area contributed by atoms with Crippen molar-refractivity contribution in [2.45, 2.75) is 6.92 Å². The van der Waals surface area contributed by atoms with Crippen LogP contribution in [0.1, 0.15) is 21.7 Å². The van der Waals surface area contributed by atoms with Crippen molar-refractivity contribution in [3.63, 3.8) is 0 Å². The Bertz CT molecular complexity index is 677. The van der Waals surface area contributed by atoms with Gasteiger partial charge in [0.2, 0.25) is 5.95 Å². The number of aryl methyl sites for hydroxylation is 1. The number of carboxylic acids is 1. The van der Waals surface area contributed by atoms with E-state index in [-0.39, 0.29) is 11.6 Å². The summed E-state index contributed by atoms with van der Waals surface area (Å²) >= 11 is 0. The first-order valence-corrected chi connectivity index (χ1v) is 5.44. The Labute approximate surface area is 109 Å². The van der Waals surface area contributed by atoms with Crippen LogP contribution in [0.4, 0.5) is 11.6 Å². The Balaban J connectivity index is 2.33. The summed E-state index contributed by atoms with van der Waals surface area (Å²) in [5.41, 5.74) is 1.59. The van der Waals surface area contributed by atoms with Gasteiger partial charge in [0.15, 0.2) is 5.69 Å². The lowest BCUT2D eigenvalue weighted by Gasteiger charge is -2.06. The number of nitrogens with one attached hydrogen (secondary N) is 1. The molecule has 0 saturated carbocycles. The minimum atomic E-state index is -1.11. The second kappa shape index (κ2) is 5.14. The molecule has 6 nitrogen and oxygen atoms in total. The highest BCUT2D eigenvalue weighted by Gasteiger charge is 2.08. The molecule has 0 fully saturated rings. The zero-order valence-electron chi connectivity index (χ0n) is 10.1. The van der Waals surface area contributed by atoms with Crippen molar-refractivity contribution in [2.24, 2.45) is 0 Å². The van der Waals surface area contributed by atoms with Crippen LogP contribution in [-0.4, -0.2) is 21.0 Å². The number of benzene rings is 1. The standard InChI is InChI=1S/C13H10N4O2/c1-8-5-11(12(18)19)17-13(15-8)16-10-4-2-3-9(6-10)7-14/h2-6H,1H3,(H,18,19)(H,15,16,17). The average Bonchev–Trinajstić information content (AvgIpc) is 2.38. The van der Waals surface area contributed by atoms with E-state index in [0.717, 1.165) is 0 Å². The molecule has 6 heteroatoms. The first-order chi connectivity index (χ1) is 9.08. The quantitative estimate of drug-likeness (QED) is 0.870. The molecule has 2 aromatic rings. The first-order valence-electron chi connectivity index (χ1n) is 5.44. The van der Waals surface area contributed by atoms with Crippen LogP contribution in [-0.2, 0) is 0 Å². The smallest absolute Gasteiger partial charge is 0.354 e. The molecule has 0 aliphatic heterocycles. The van der Waals surface area contributed by atoms with Crippen LogP contribution in [0.2, 0.25) is 0 Å². The number of rotatable bonds is 3. The number of anilines is 2. The van der Waals surface area contributed by atoms with Crippen LogP contribution in [0.25, 0.3) is 0 Å². The predicted molar refractivity (Wildman–Crippen MR) is 68.2 cm³/mol. The highest BCUT2D eigenvalue weighted by Crippen LogP contribution is 2.15. The summed E-state index contributed by atoms with van der Waals surface area (Å²) in [6.07, 6.45) is 0. The number of carboxylic acid groups (broad SMARTS) is 1. The molecule has 2 rings (SSSR count). The molecule has 0 radical (unpaired) electrons. The summed E-state index contributed by atoms with van der Waals surface area (Å²) in [5.74, 6) is -0.924. The third-order valence-electron chi connectivity index (χ3n) is 2.32.